The summed E-state index contributed by atoms with van der Waals surface area (Å²) in [6.45, 7) is 2.06. The Morgan fingerprint density at radius 2 is 1.68 bits per heavy atom. The van der Waals surface area contributed by atoms with E-state index in [0.717, 1.165) is 24.8 Å². The number of hydrogen-bond donors (Lipinski definition) is 0. The normalized spacial score (nSPS) is 17.1. The second-order valence-electron chi connectivity index (χ2n) is 8.83. The van der Waals surface area contributed by atoms with Gasteiger partial charge >= 0.3 is 6.18 Å². The largest absolute Gasteiger partial charge is 0.493 e. The van der Waals surface area contributed by atoms with E-state index >= 15 is 0 Å². The van der Waals surface area contributed by atoms with Crippen molar-refractivity contribution >= 4 is 21.4 Å². The van der Waals surface area contributed by atoms with Crippen molar-refractivity contribution < 1.29 is 31.1 Å². The fraction of sp³-hybridized carbons (Fsp3) is 0.458. The van der Waals surface area contributed by atoms with E-state index < -0.39 is 21.6 Å². The molecule has 0 aromatic heterocycles. The van der Waals surface area contributed by atoms with Gasteiger partial charge in [0.05, 0.1) is 22.6 Å². The molecule has 1 aliphatic carbocycles. The summed E-state index contributed by atoms with van der Waals surface area (Å²) >= 11 is 0. The number of hydrogen-bond acceptors (Lipinski definition) is 5. The van der Waals surface area contributed by atoms with Crippen LogP contribution in [0.4, 0.5) is 18.9 Å². The summed E-state index contributed by atoms with van der Waals surface area (Å²) in [7, 11) is -3.50. The molecule has 1 amide bonds. The fourth-order valence-corrected chi connectivity index (χ4v) is 4.62. The van der Waals surface area contributed by atoms with E-state index in [0.29, 0.717) is 50.1 Å². The van der Waals surface area contributed by atoms with Crippen molar-refractivity contribution in [1.29, 1.82) is 0 Å². The van der Waals surface area contributed by atoms with Gasteiger partial charge < -0.3 is 14.5 Å². The van der Waals surface area contributed by atoms with Crippen molar-refractivity contribution in [3.8, 4) is 5.75 Å². The zero-order valence-corrected chi connectivity index (χ0v) is 19.7. The monoisotopic (exact) mass is 496 g/mol. The van der Waals surface area contributed by atoms with E-state index in [-0.39, 0.29) is 16.4 Å². The molecular formula is C24H27F3N2O4S. The number of alkyl halides is 3. The maximum atomic E-state index is 13.3. The third kappa shape index (κ3) is 5.84. The highest BCUT2D eigenvalue weighted by Crippen LogP contribution is 2.33. The predicted molar refractivity (Wildman–Crippen MR) is 122 cm³/mol. The molecule has 1 heterocycles. The SMILES string of the molecule is CS(=O)(=O)c1ccc(OCCC2CC2)c(C(=O)N2CCN(c3ccc(C(F)(F)F)cc3)CC2)c1. The summed E-state index contributed by atoms with van der Waals surface area (Å²) in [5.41, 5.74) is 0.162. The maximum Gasteiger partial charge on any atom is 0.416 e. The van der Waals surface area contributed by atoms with Gasteiger partial charge in [0.25, 0.3) is 5.91 Å². The average molecular weight is 497 g/mol. The molecule has 184 valence electrons. The number of ether oxygens (including phenoxy) is 1. The van der Waals surface area contributed by atoms with Gasteiger partial charge in [0.15, 0.2) is 9.84 Å². The molecule has 2 aromatic rings. The molecule has 2 fully saturated rings. The first-order chi connectivity index (χ1) is 16.0. The van der Waals surface area contributed by atoms with Crippen LogP contribution in [-0.2, 0) is 16.0 Å². The van der Waals surface area contributed by atoms with Crippen LogP contribution in [-0.4, -0.2) is 58.3 Å². The quantitative estimate of drug-likeness (QED) is 0.574. The summed E-state index contributed by atoms with van der Waals surface area (Å²) in [4.78, 5) is 16.9. The number of anilines is 1. The Kier molecular flexibility index (Phi) is 6.80. The first-order valence-electron chi connectivity index (χ1n) is 11.2. The highest BCUT2D eigenvalue weighted by molar-refractivity contribution is 7.90. The van der Waals surface area contributed by atoms with Crippen LogP contribution in [0, 0.1) is 5.92 Å². The highest BCUT2D eigenvalue weighted by atomic mass is 32.2. The molecule has 0 unspecified atom stereocenters. The van der Waals surface area contributed by atoms with Gasteiger partial charge in [-0.2, -0.15) is 13.2 Å². The molecular weight excluding hydrogens is 469 g/mol. The van der Waals surface area contributed by atoms with Crippen LogP contribution in [0.5, 0.6) is 5.75 Å². The molecule has 0 atom stereocenters. The number of benzene rings is 2. The molecule has 0 spiro atoms. The topological polar surface area (TPSA) is 66.9 Å². The van der Waals surface area contributed by atoms with Crippen LogP contribution >= 0.6 is 0 Å². The third-order valence-corrected chi connectivity index (χ3v) is 7.33. The Hall–Kier alpha value is -2.75. The van der Waals surface area contributed by atoms with Crippen LogP contribution in [0.2, 0.25) is 0 Å². The minimum Gasteiger partial charge on any atom is -0.493 e. The smallest absolute Gasteiger partial charge is 0.416 e. The molecule has 1 aliphatic heterocycles. The average Bonchev–Trinajstić information content (AvgIpc) is 3.62. The number of piperazine rings is 1. The number of amides is 1. The van der Waals surface area contributed by atoms with Gasteiger partial charge in [0.2, 0.25) is 0 Å². The van der Waals surface area contributed by atoms with Gasteiger partial charge in [0.1, 0.15) is 5.75 Å². The summed E-state index contributed by atoms with van der Waals surface area (Å²) in [6, 6.07) is 9.31. The lowest BCUT2D eigenvalue weighted by Gasteiger charge is -2.36. The van der Waals surface area contributed by atoms with Gasteiger partial charge in [-0.3, -0.25) is 4.79 Å². The lowest BCUT2D eigenvalue weighted by Crippen LogP contribution is -2.48. The number of carbonyl (C=O) groups is 1. The van der Waals surface area contributed by atoms with Crippen LogP contribution in [0.1, 0.15) is 35.2 Å². The van der Waals surface area contributed by atoms with Crippen molar-refractivity contribution in [3.05, 3.63) is 53.6 Å². The van der Waals surface area contributed by atoms with Gasteiger partial charge in [-0.25, -0.2) is 8.42 Å². The molecule has 0 bridgehead atoms. The zero-order chi connectivity index (χ0) is 24.5. The van der Waals surface area contributed by atoms with Gasteiger partial charge in [-0.1, -0.05) is 12.8 Å². The number of carbonyl (C=O) groups excluding carboxylic acids is 1. The summed E-state index contributed by atoms with van der Waals surface area (Å²) in [5.74, 6) is 0.704. The van der Waals surface area contributed by atoms with Crippen LogP contribution < -0.4 is 9.64 Å². The molecule has 2 aromatic carbocycles. The van der Waals surface area contributed by atoms with Gasteiger partial charge in [-0.05, 0) is 54.8 Å². The Bertz CT molecular complexity index is 1140. The Morgan fingerprint density at radius 3 is 2.24 bits per heavy atom. The first-order valence-corrected chi connectivity index (χ1v) is 13.1. The summed E-state index contributed by atoms with van der Waals surface area (Å²) in [5, 5.41) is 0. The highest BCUT2D eigenvalue weighted by Gasteiger charge is 2.31. The summed E-state index contributed by atoms with van der Waals surface area (Å²) < 4.78 is 68.4. The lowest BCUT2D eigenvalue weighted by molar-refractivity contribution is -0.137. The van der Waals surface area contributed by atoms with Gasteiger partial charge in [0, 0.05) is 38.1 Å². The third-order valence-electron chi connectivity index (χ3n) is 6.22. The second kappa shape index (κ2) is 9.48. The van der Waals surface area contributed by atoms with E-state index in [1.807, 2.05) is 4.90 Å². The van der Waals surface area contributed by atoms with E-state index in [9.17, 15) is 26.4 Å². The molecule has 1 saturated heterocycles. The molecule has 0 N–H and O–H groups in total. The lowest BCUT2D eigenvalue weighted by atomic mass is 10.1. The van der Waals surface area contributed by atoms with E-state index in [2.05, 4.69) is 0 Å². The van der Waals surface area contributed by atoms with Crippen LogP contribution in [0.25, 0.3) is 0 Å². The number of sulfone groups is 1. The Balaban J connectivity index is 1.45. The minimum atomic E-state index is -4.39. The number of nitrogens with zero attached hydrogens (tertiary/aromatic N) is 2. The van der Waals surface area contributed by atoms with Crippen LogP contribution in [0.3, 0.4) is 0 Å². The first kappa shape index (κ1) is 24.4. The molecule has 0 radical (unpaired) electrons. The Labute approximate surface area is 197 Å². The molecule has 4 rings (SSSR count). The van der Waals surface area contributed by atoms with E-state index in [4.69, 9.17) is 4.74 Å². The molecule has 10 heteroatoms. The van der Waals surface area contributed by atoms with E-state index in [1.165, 1.54) is 43.2 Å². The maximum absolute atomic E-state index is 13.3. The number of halogens is 3. The van der Waals surface area contributed by atoms with Crippen molar-refractivity contribution in [2.24, 2.45) is 5.92 Å². The predicted octanol–water partition coefficient (Wildman–Crippen LogP) is 4.25. The van der Waals surface area contributed by atoms with Crippen molar-refractivity contribution in [1.82, 2.24) is 4.90 Å². The van der Waals surface area contributed by atoms with E-state index in [1.54, 1.807) is 4.90 Å². The van der Waals surface area contributed by atoms with Crippen molar-refractivity contribution in [2.45, 2.75) is 30.3 Å². The molecule has 2 aliphatic rings. The number of rotatable bonds is 7. The molecule has 6 nitrogen and oxygen atoms in total. The fourth-order valence-electron chi connectivity index (χ4n) is 3.97. The van der Waals surface area contributed by atoms with Crippen LogP contribution in [0.15, 0.2) is 47.4 Å². The standard InChI is InChI=1S/C24H27F3N2O4S/c1-34(31,32)20-8-9-22(33-15-10-17-2-3-17)21(16-20)23(30)29-13-11-28(12-14-29)19-6-4-18(5-7-19)24(25,26)27/h4-9,16-17H,2-3,10-15H2,1H3. The second-order valence-corrected chi connectivity index (χ2v) is 10.9. The summed E-state index contributed by atoms with van der Waals surface area (Å²) in [6.07, 6.45) is -0.0281. The van der Waals surface area contributed by atoms with Crippen molar-refractivity contribution in [3.63, 3.8) is 0 Å². The van der Waals surface area contributed by atoms with Gasteiger partial charge in [-0.15, -0.1) is 0 Å². The minimum absolute atomic E-state index is 0.0498. The molecule has 34 heavy (non-hydrogen) atoms. The zero-order valence-electron chi connectivity index (χ0n) is 18.8. The Morgan fingerprint density at radius 1 is 1.03 bits per heavy atom. The van der Waals surface area contributed by atoms with Crippen molar-refractivity contribution in [2.75, 3.05) is 43.9 Å². The molecule has 1 saturated carbocycles.